The van der Waals surface area contributed by atoms with Gasteiger partial charge in [-0.25, -0.2) is 0 Å². The van der Waals surface area contributed by atoms with Crippen molar-refractivity contribution in [2.45, 2.75) is 25.7 Å². The van der Waals surface area contributed by atoms with E-state index in [2.05, 4.69) is 35.2 Å². The van der Waals surface area contributed by atoms with E-state index in [1.54, 1.807) is 0 Å². The molecule has 3 nitrogen and oxygen atoms in total. The predicted octanol–water partition coefficient (Wildman–Crippen LogP) is 2.27. The normalized spacial score (nSPS) is 29.6. The average molecular weight is 247 g/mol. The maximum Gasteiger partial charge on any atom is 0.161 e. The molecule has 1 aromatic carbocycles. The van der Waals surface area contributed by atoms with Gasteiger partial charge in [-0.2, -0.15) is 0 Å². The van der Waals surface area contributed by atoms with E-state index in [1.165, 1.54) is 18.4 Å². The highest BCUT2D eigenvalue weighted by atomic mass is 16.7. The molecule has 0 spiro atoms. The van der Waals surface area contributed by atoms with Gasteiger partial charge in [0, 0.05) is 32.2 Å². The molecule has 2 saturated heterocycles. The Kier molecular flexibility index (Phi) is 3.93. The summed E-state index contributed by atoms with van der Waals surface area (Å²) in [6.45, 7) is 4.77. The third-order valence-corrected chi connectivity index (χ3v) is 3.82. The monoisotopic (exact) mass is 247 g/mol. The highest BCUT2D eigenvalue weighted by molar-refractivity contribution is 5.14. The number of hydrogen-bond donors (Lipinski definition) is 0. The van der Waals surface area contributed by atoms with E-state index >= 15 is 0 Å². The zero-order valence-corrected chi connectivity index (χ0v) is 10.8. The van der Waals surface area contributed by atoms with Crippen molar-refractivity contribution in [3.63, 3.8) is 0 Å². The summed E-state index contributed by atoms with van der Waals surface area (Å²) in [5, 5.41) is 0. The summed E-state index contributed by atoms with van der Waals surface area (Å²) >= 11 is 0. The zero-order valence-electron chi connectivity index (χ0n) is 10.8. The van der Waals surface area contributed by atoms with Gasteiger partial charge in [0.05, 0.1) is 6.61 Å². The molecule has 2 heterocycles. The van der Waals surface area contributed by atoms with Gasteiger partial charge in [0.1, 0.15) is 0 Å². The van der Waals surface area contributed by atoms with Crippen LogP contribution in [0.3, 0.4) is 0 Å². The van der Waals surface area contributed by atoms with E-state index in [4.69, 9.17) is 9.47 Å². The van der Waals surface area contributed by atoms with Crippen molar-refractivity contribution in [2.75, 3.05) is 26.3 Å². The largest absolute Gasteiger partial charge is 0.352 e. The van der Waals surface area contributed by atoms with E-state index in [1.807, 2.05) is 0 Å². The Hall–Kier alpha value is -0.900. The van der Waals surface area contributed by atoms with Crippen LogP contribution in [0.2, 0.25) is 0 Å². The number of ether oxygens (including phenoxy) is 2. The first kappa shape index (κ1) is 12.2. The molecule has 3 heteroatoms. The summed E-state index contributed by atoms with van der Waals surface area (Å²) in [6.07, 6.45) is 2.44. The first-order chi connectivity index (χ1) is 8.92. The van der Waals surface area contributed by atoms with Crippen LogP contribution in [0.1, 0.15) is 18.4 Å². The van der Waals surface area contributed by atoms with E-state index in [0.717, 1.165) is 32.8 Å². The Morgan fingerprint density at radius 1 is 1.11 bits per heavy atom. The van der Waals surface area contributed by atoms with Crippen LogP contribution in [-0.2, 0) is 16.0 Å². The number of nitrogens with zero attached hydrogens (tertiary/aromatic N) is 1. The van der Waals surface area contributed by atoms with Crippen molar-refractivity contribution >= 4 is 0 Å². The minimum absolute atomic E-state index is 0.0412. The van der Waals surface area contributed by atoms with Crippen molar-refractivity contribution in [3.8, 4) is 0 Å². The molecule has 98 valence electrons. The molecule has 0 radical (unpaired) electrons. The first-order valence-electron chi connectivity index (χ1n) is 6.91. The maximum atomic E-state index is 5.81. The third kappa shape index (κ3) is 2.91. The van der Waals surface area contributed by atoms with Crippen molar-refractivity contribution in [2.24, 2.45) is 5.92 Å². The van der Waals surface area contributed by atoms with Crippen LogP contribution in [0.4, 0.5) is 0 Å². The van der Waals surface area contributed by atoms with Gasteiger partial charge in [0.2, 0.25) is 0 Å². The Balaban J connectivity index is 1.63. The zero-order chi connectivity index (χ0) is 12.2. The maximum absolute atomic E-state index is 5.81. The van der Waals surface area contributed by atoms with Crippen LogP contribution in [0, 0.1) is 5.92 Å². The van der Waals surface area contributed by atoms with E-state index in [-0.39, 0.29) is 6.29 Å². The van der Waals surface area contributed by atoms with Gasteiger partial charge in [0.25, 0.3) is 0 Å². The molecule has 0 N–H and O–H groups in total. The molecule has 3 rings (SSSR count). The van der Waals surface area contributed by atoms with Gasteiger partial charge < -0.3 is 9.47 Å². The minimum Gasteiger partial charge on any atom is -0.352 e. The molecule has 1 aromatic rings. The van der Waals surface area contributed by atoms with E-state index < -0.39 is 0 Å². The molecule has 0 aliphatic carbocycles. The van der Waals surface area contributed by atoms with Gasteiger partial charge >= 0.3 is 0 Å². The molecule has 2 atom stereocenters. The molecule has 2 aliphatic rings. The highest BCUT2D eigenvalue weighted by Crippen LogP contribution is 2.25. The highest BCUT2D eigenvalue weighted by Gasteiger charge is 2.30. The molecule has 0 saturated carbocycles. The lowest BCUT2D eigenvalue weighted by Crippen LogP contribution is -2.36. The minimum atomic E-state index is 0.0412. The summed E-state index contributed by atoms with van der Waals surface area (Å²) < 4.78 is 11.5. The number of hydrogen-bond acceptors (Lipinski definition) is 3. The van der Waals surface area contributed by atoms with Crippen LogP contribution >= 0.6 is 0 Å². The summed E-state index contributed by atoms with van der Waals surface area (Å²) in [6, 6.07) is 10.7. The third-order valence-electron chi connectivity index (χ3n) is 3.82. The van der Waals surface area contributed by atoms with Crippen LogP contribution in [0.15, 0.2) is 30.3 Å². The fourth-order valence-electron chi connectivity index (χ4n) is 2.88. The number of benzene rings is 1. The van der Waals surface area contributed by atoms with Gasteiger partial charge in [0.15, 0.2) is 6.29 Å². The summed E-state index contributed by atoms with van der Waals surface area (Å²) in [4.78, 5) is 2.49. The van der Waals surface area contributed by atoms with Crippen molar-refractivity contribution in [3.05, 3.63) is 35.9 Å². The van der Waals surface area contributed by atoms with Crippen LogP contribution < -0.4 is 0 Å². The van der Waals surface area contributed by atoms with Crippen molar-refractivity contribution in [1.29, 1.82) is 0 Å². The SMILES string of the molecule is c1ccc(CN2CCO[C@@H]3OCCC[C@H]3C2)cc1. The molecule has 18 heavy (non-hydrogen) atoms. The quantitative estimate of drug-likeness (QED) is 0.800. The van der Waals surface area contributed by atoms with Crippen molar-refractivity contribution in [1.82, 2.24) is 4.90 Å². The fourth-order valence-corrected chi connectivity index (χ4v) is 2.88. The van der Waals surface area contributed by atoms with Crippen LogP contribution in [0.25, 0.3) is 0 Å². The van der Waals surface area contributed by atoms with Gasteiger partial charge in [-0.05, 0) is 18.4 Å². The average Bonchev–Trinajstić information content (AvgIpc) is 2.61. The molecular formula is C15H21NO2. The molecule has 0 aromatic heterocycles. The number of rotatable bonds is 2. The van der Waals surface area contributed by atoms with Crippen LogP contribution in [-0.4, -0.2) is 37.5 Å². The lowest BCUT2D eigenvalue weighted by atomic mass is 10.00. The molecule has 2 aliphatic heterocycles. The smallest absolute Gasteiger partial charge is 0.161 e. The lowest BCUT2D eigenvalue weighted by Gasteiger charge is -2.31. The lowest BCUT2D eigenvalue weighted by molar-refractivity contribution is -0.183. The predicted molar refractivity (Wildman–Crippen MR) is 70.1 cm³/mol. The summed E-state index contributed by atoms with van der Waals surface area (Å²) in [5.74, 6) is 0.546. The molecule has 0 bridgehead atoms. The summed E-state index contributed by atoms with van der Waals surface area (Å²) in [5.41, 5.74) is 1.38. The van der Waals surface area contributed by atoms with Crippen LogP contribution in [0.5, 0.6) is 0 Å². The van der Waals surface area contributed by atoms with Gasteiger partial charge in [-0.15, -0.1) is 0 Å². The Morgan fingerprint density at radius 2 is 1.94 bits per heavy atom. The second kappa shape index (κ2) is 5.83. The van der Waals surface area contributed by atoms with E-state index in [9.17, 15) is 0 Å². The van der Waals surface area contributed by atoms with E-state index in [0.29, 0.717) is 5.92 Å². The molecule has 0 unspecified atom stereocenters. The van der Waals surface area contributed by atoms with Gasteiger partial charge in [-0.3, -0.25) is 4.90 Å². The summed E-state index contributed by atoms with van der Waals surface area (Å²) in [7, 11) is 0. The fraction of sp³-hybridized carbons (Fsp3) is 0.600. The Labute approximate surface area is 109 Å². The molecular weight excluding hydrogens is 226 g/mol. The second-order valence-corrected chi connectivity index (χ2v) is 5.23. The topological polar surface area (TPSA) is 21.7 Å². The second-order valence-electron chi connectivity index (χ2n) is 5.23. The number of fused-ring (bicyclic) bond motifs is 1. The molecule has 2 fully saturated rings. The van der Waals surface area contributed by atoms with Gasteiger partial charge in [-0.1, -0.05) is 30.3 Å². The first-order valence-corrected chi connectivity index (χ1v) is 6.91. The standard InChI is InChI=1S/C15H21NO2/c1-2-5-13(6-3-1)11-16-8-10-18-15-14(12-16)7-4-9-17-15/h1-3,5-6,14-15H,4,7-12H2/t14-,15-/m0/s1. The Bertz CT molecular complexity index is 368. The van der Waals surface area contributed by atoms with Crippen molar-refractivity contribution < 1.29 is 9.47 Å². The molecule has 0 amide bonds. The Morgan fingerprint density at radius 3 is 2.83 bits per heavy atom.